The molecule has 4 heterocycles. The molecule has 2 aromatic heterocycles. The van der Waals surface area contributed by atoms with Gasteiger partial charge in [-0.05, 0) is 48.7 Å². The van der Waals surface area contributed by atoms with E-state index in [2.05, 4.69) is 37.8 Å². The minimum absolute atomic E-state index is 0.0182. The van der Waals surface area contributed by atoms with Crippen LogP contribution in [0.1, 0.15) is 39.6 Å². The highest BCUT2D eigenvalue weighted by Gasteiger charge is 2.30. The van der Waals surface area contributed by atoms with Crippen molar-refractivity contribution in [1.82, 2.24) is 20.1 Å². The van der Waals surface area contributed by atoms with Crippen molar-refractivity contribution in [2.75, 3.05) is 63.6 Å². The molecular weight excluding hydrogens is 647 g/mol. The standard InChI is InChI=1S/C30H35Cl3N6O4S/c1-3-22(24-15-34-6-11-42-24)43-23-13-20(32)12-21(28(40)36-25-5-4-19(31)14-35-25)26(23)29(41)37-30-27(33)18(17-44-30)16-39-9-7-38(2)8-10-39/h4-5,12-14,17,22,24,34H,3,6-11,15-16H2,1-2H3,(H,37,41)(H,35,36,40). The summed E-state index contributed by atoms with van der Waals surface area (Å²) >= 11 is 20.6. The SMILES string of the molecule is CCC(Oc1cc(Cl)cc(C(=O)Nc2ccc(Cl)cn2)c1C(=O)Nc1scc(CN2CCN(C)CC2)c1Cl)C1CNCCO1. The number of rotatable bonds is 10. The Balaban J connectivity index is 1.44. The predicted molar refractivity (Wildman–Crippen MR) is 176 cm³/mol. The van der Waals surface area contributed by atoms with Crippen molar-refractivity contribution in [3.8, 4) is 5.75 Å². The first-order valence-electron chi connectivity index (χ1n) is 14.4. The molecule has 3 aromatic rings. The normalized spacial score (nSPS) is 18.5. The van der Waals surface area contributed by atoms with Gasteiger partial charge >= 0.3 is 0 Å². The van der Waals surface area contributed by atoms with E-state index in [1.165, 1.54) is 23.6 Å². The summed E-state index contributed by atoms with van der Waals surface area (Å²) in [6.45, 7) is 8.40. The highest BCUT2D eigenvalue weighted by molar-refractivity contribution is 7.15. The monoisotopic (exact) mass is 680 g/mol. The third kappa shape index (κ3) is 8.21. The second-order valence-electron chi connectivity index (χ2n) is 10.8. The van der Waals surface area contributed by atoms with E-state index < -0.39 is 17.9 Å². The molecular formula is C30H35Cl3N6O4S. The lowest BCUT2D eigenvalue weighted by atomic mass is 10.0. The fraction of sp³-hybridized carbons (Fsp3) is 0.433. The van der Waals surface area contributed by atoms with Gasteiger partial charge < -0.3 is 30.3 Å². The number of benzene rings is 1. The van der Waals surface area contributed by atoms with E-state index in [-0.39, 0.29) is 33.8 Å². The van der Waals surface area contributed by atoms with Crippen LogP contribution < -0.4 is 20.7 Å². The van der Waals surface area contributed by atoms with Crippen molar-refractivity contribution in [3.05, 3.63) is 67.6 Å². The maximum Gasteiger partial charge on any atom is 0.260 e. The number of likely N-dealkylation sites (N-methyl/N-ethyl adjacent to an activating group) is 1. The molecule has 0 spiro atoms. The fourth-order valence-corrected chi connectivity index (χ4v) is 6.63. The average molecular weight is 682 g/mol. The number of nitrogens with zero attached hydrogens (tertiary/aromatic N) is 3. The van der Waals surface area contributed by atoms with Gasteiger partial charge in [0.2, 0.25) is 0 Å². The number of anilines is 2. The molecule has 2 saturated heterocycles. The van der Waals surface area contributed by atoms with Crippen molar-refractivity contribution < 1.29 is 19.1 Å². The predicted octanol–water partition coefficient (Wildman–Crippen LogP) is 5.50. The van der Waals surface area contributed by atoms with Gasteiger partial charge in [-0.15, -0.1) is 11.3 Å². The highest BCUT2D eigenvalue weighted by Crippen LogP contribution is 2.36. The first-order chi connectivity index (χ1) is 21.2. The summed E-state index contributed by atoms with van der Waals surface area (Å²) < 4.78 is 12.4. The van der Waals surface area contributed by atoms with E-state index >= 15 is 0 Å². The Kier molecular flexibility index (Phi) is 11.4. The van der Waals surface area contributed by atoms with Crippen molar-refractivity contribution >= 4 is 68.8 Å². The summed E-state index contributed by atoms with van der Waals surface area (Å²) in [5, 5.41) is 12.5. The summed E-state index contributed by atoms with van der Waals surface area (Å²) in [5.74, 6) is -0.723. The summed E-state index contributed by atoms with van der Waals surface area (Å²) in [6.07, 6.45) is 1.37. The molecule has 2 atom stereocenters. The lowest BCUT2D eigenvalue weighted by Gasteiger charge is -2.32. The molecule has 2 aliphatic heterocycles. The molecule has 3 N–H and O–H groups in total. The minimum atomic E-state index is -0.589. The number of aromatic nitrogens is 1. The van der Waals surface area contributed by atoms with Crippen LogP contribution in [0.5, 0.6) is 5.75 Å². The van der Waals surface area contributed by atoms with Crippen LogP contribution in [-0.2, 0) is 11.3 Å². The van der Waals surface area contributed by atoms with Crippen LogP contribution >= 0.6 is 46.1 Å². The van der Waals surface area contributed by atoms with Gasteiger partial charge in [0.1, 0.15) is 28.8 Å². The molecule has 236 valence electrons. The van der Waals surface area contributed by atoms with Gasteiger partial charge in [0.25, 0.3) is 11.8 Å². The van der Waals surface area contributed by atoms with E-state index in [0.29, 0.717) is 41.2 Å². The Morgan fingerprint density at radius 2 is 1.93 bits per heavy atom. The molecule has 14 heteroatoms. The number of carbonyl (C=O) groups is 2. The summed E-state index contributed by atoms with van der Waals surface area (Å²) in [7, 11) is 2.11. The van der Waals surface area contributed by atoms with E-state index in [0.717, 1.165) is 38.3 Å². The molecule has 2 unspecified atom stereocenters. The lowest BCUT2D eigenvalue weighted by Crippen LogP contribution is -2.47. The van der Waals surface area contributed by atoms with E-state index in [9.17, 15) is 9.59 Å². The van der Waals surface area contributed by atoms with Gasteiger partial charge in [0, 0.05) is 57.0 Å². The van der Waals surface area contributed by atoms with Gasteiger partial charge in [-0.2, -0.15) is 0 Å². The molecule has 1 aromatic carbocycles. The van der Waals surface area contributed by atoms with Crippen LogP contribution in [0.25, 0.3) is 0 Å². The quantitative estimate of drug-likeness (QED) is 0.258. The van der Waals surface area contributed by atoms with E-state index in [1.807, 2.05) is 12.3 Å². The van der Waals surface area contributed by atoms with Crippen LogP contribution in [0.4, 0.5) is 10.8 Å². The molecule has 2 aliphatic rings. The Labute approximate surface area is 275 Å². The smallest absolute Gasteiger partial charge is 0.260 e. The Bertz CT molecular complexity index is 1460. The number of ether oxygens (including phenoxy) is 2. The Hall–Kier alpha value is -2.48. The lowest BCUT2D eigenvalue weighted by molar-refractivity contribution is -0.0429. The molecule has 0 radical (unpaired) electrons. The summed E-state index contributed by atoms with van der Waals surface area (Å²) in [5.41, 5.74) is 0.974. The topological polar surface area (TPSA) is 108 Å². The number of piperazine rings is 1. The number of pyridine rings is 1. The third-order valence-corrected chi connectivity index (χ3v) is 9.51. The average Bonchev–Trinajstić information content (AvgIpc) is 3.36. The molecule has 2 fully saturated rings. The van der Waals surface area contributed by atoms with Crippen molar-refractivity contribution in [2.45, 2.75) is 32.1 Å². The summed E-state index contributed by atoms with van der Waals surface area (Å²) in [4.78, 5) is 36.4. The van der Waals surface area contributed by atoms with Gasteiger partial charge in [-0.3, -0.25) is 14.5 Å². The molecule has 0 aliphatic carbocycles. The maximum atomic E-state index is 14.0. The molecule has 10 nitrogen and oxygen atoms in total. The fourth-order valence-electron chi connectivity index (χ4n) is 5.11. The van der Waals surface area contributed by atoms with Crippen LogP contribution in [0.15, 0.2) is 35.8 Å². The first-order valence-corrected chi connectivity index (χ1v) is 16.5. The van der Waals surface area contributed by atoms with Crippen molar-refractivity contribution in [3.63, 3.8) is 0 Å². The molecule has 44 heavy (non-hydrogen) atoms. The zero-order valence-corrected chi connectivity index (χ0v) is 27.6. The molecule has 5 rings (SSSR count). The van der Waals surface area contributed by atoms with E-state index in [1.54, 1.807) is 18.2 Å². The highest BCUT2D eigenvalue weighted by atomic mass is 35.5. The van der Waals surface area contributed by atoms with E-state index in [4.69, 9.17) is 44.3 Å². The largest absolute Gasteiger partial charge is 0.487 e. The second-order valence-corrected chi connectivity index (χ2v) is 12.9. The maximum absolute atomic E-state index is 14.0. The summed E-state index contributed by atoms with van der Waals surface area (Å²) in [6, 6.07) is 6.15. The number of amides is 2. The molecule has 0 saturated carbocycles. The first kappa shape index (κ1) is 32.9. The van der Waals surface area contributed by atoms with Crippen LogP contribution in [0, 0.1) is 0 Å². The van der Waals surface area contributed by atoms with Gasteiger partial charge in [0.15, 0.2) is 0 Å². The van der Waals surface area contributed by atoms with Crippen molar-refractivity contribution in [1.29, 1.82) is 0 Å². The minimum Gasteiger partial charge on any atom is -0.487 e. The number of thiophene rings is 1. The number of hydrogen-bond acceptors (Lipinski definition) is 9. The van der Waals surface area contributed by atoms with Crippen LogP contribution in [0.2, 0.25) is 15.1 Å². The molecule has 2 amide bonds. The Morgan fingerprint density at radius 1 is 1.14 bits per heavy atom. The van der Waals surface area contributed by atoms with Gasteiger partial charge in [-0.1, -0.05) is 41.7 Å². The van der Waals surface area contributed by atoms with Gasteiger partial charge in [-0.25, -0.2) is 4.98 Å². The van der Waals surface area contributed by atoms with Crippen LogP contribution in [-0.4, -0.2) is 91.7 Å². The molecule has 0 bridgehead atoms. The number of nitrogens with one attached hydrogen (secondary N) is 3. The number of halogens is 3. The Morgan fingerprint density at radius 3 is 2.61 bits per heavy atom. The number of carbonyl (C=O) groups excluding carboxylic acids is 2. The third-order valence-electron chi connectivity index (χ3n) is 7.58. The zero-order chi connectivity index (χ0) is 31.2. The number of morpholine rings is 1. The zero-order valence-electron chi connectivity index (χ0n) is 24.5. The second kappa shape index (κ2) is 15.2. The van der Waals surface area contributed by atoms with Crippen molar-refractivity contribution in [2.24, 2.45) is 0 Å². The number of hydrogen-bond donors (Lipinski definition) is 3. The van der Waals surface area contributed by atoms with Crippen LogP contribution in [0.3, 0.4) is 0 Å². The van der Waals surface area contributed by atoms with Gasteiger partial charge in [0.05, 0.1) is 27.8 Å².